The number of thiophene rings is 2. The van der Waals surface area contributed by atoms with Gasteiger partial charge in [-0.2, -0.15) is 26.3 Å². The van der Waals surface area contributed by atoms with Crippen LogP contribution in [0.15, 0.2) is 121 Å². The molecular formula is C60H56F6N4O4S2. The number of rotatable bonds is 16. The van der Waals surface area contributed by atoms with E-state index in [2.05, 4.69) is 79.2 Å². The predicted octanol–water partition coefficient (Wildman–Crippen LogP) is 14.8. The van der Waals surface area contributed by atoms with Crippen LogP contribution in [0.4, 0.5) is 37.7 Å². The molecule has 16 heteroatoms. The van der Waals surface area contributed by atoms with Gasteiger partial charge in [-0.15, -0.1) is 22.7 Å². The maximum atomic E-state index is 15.6. The van der Waals surface area contributed by atoms with E-state index in [0.29, 0.717) is 43.7 Å². The summed E-state index contributed by atoms with van der Waals surface area (Å²) in [7, 11) is 0. The molecule has 1 aliphatic carbocycles. The van der Waals surface area contributed by atoms with Crippen LogP contribution in [-0.2, 0) is 12.1 Å². The highest BCUT2D eigenvalue weighted by Gasteiger charge is 2.80. The minimum Gasteiger partial charge on any atom is -0.489 e. The molecule has 0 saturated heterocycles. The quantitative estimate of drug-likeness (QED) is 0.0972. The van der Waals surface area contributed by atoms with E-state index in [-0.39, 0.29) is 52.4 Å². The van der Waals surface area contributed by atoms with Crippen molar-refractivity contribution in [2.24, 2.45) is 0 Å². The molecule has 8 nitrogen and oxygen atoms in total. The Morgan fingerprint density at radius 2 is 1.20 bits per heavy atom. The first kappa shape index (κ1) is 52.4. The van der Waals surface area contributed by atoms with Crippen LogP contribution < -0.4 is 24.6 Å². The van der Waals surface area contributed by atoms with E-state index in [1.807, 2.05) is 29.2 Å². The van der Waals surface area contributed by atoms with Gasteiger partial charge in [0.05, 0.1) is 0 Å². The lowest BCUT2D eigenvalue weighted by Gasteiger charge is -2.45. The summed E-state index contributed by atoms with van der Waals surface area (Å²) in [6.07, 6.45) is 0. The van der Waals surface area contributed by atoms with Gasteiger partial charge in [-0.05, 0) is 143 Å². The molecule has 0 atom stereocenters. The van der Waals surface area contributed by atoms with E-state index >= 15 is 26.3 Å². The summed E-state index contributed by atoms with van der Waals surface area (Å²) >= 11 is 2.12. The molecule has 0 radical (unpaired) electrons. The van der Waals surface area contributed by atoms with E-state index in [9.17, 15) is 9.59 Å². The van der Waals surface area contributed by atoms with Gasteiger partial charge in [0.2, 0.25) is 0 Å². The lowest BCUT2D eigenvalue weighted by molar-refractivity contribution is -0.254. The largest absolute Gasteiger partial charge is 0.489 e. The second kappa shape index (κ2) is 19.8. The number of benzene rings is 5. The molecule has 7 aromatic rings. The summed E-state index contributed by atoms with van der Waals surface area (Å²) in [4.78, 5) is 36.2. The number of amides is 2. The van der Waals surface area contributed by atoms with E-state index < -0.39 is 34.5 Å². The molecule has 0 unspecified atom stereocenters. The van der Waals surface area contributed by atoms with Crippen LogP contribution in [0.5, 0.6) is 17.2 Å². The number of fused-ring (bicyclic) bond motifs is 6. The van der Waals surface area contributed by atoms with Crippen molar-refractivity contribution in [3.63, 3.8) is 0 Å². The molecule has 2 aromatic heterocycles. The minimum atomic E-state index is -5.64. The number of nitrogens with zero attached hydrogens (tertiary/aromatic N) is 3. The van der Waals surface area contributed by atoms with Crippen molar-refractivity contribution in [1.29, 1.82) is 0 Å². The number of anilines is 2. The predicted molar refractivity (Wildman–Crippen MR) is 290 cm³/mol. The summed E-state index contributed by atoms with van der Waals surface area (Å²) in [5, 5.41) is 3.05. The number of hydrogen-bond acceptors (Lipinski definition) is 8. The van der Waals surface area contributed by atoms with Gasteiger partial charge in [0.25, 0.3) is 11.8 Å². The van der Waals surface area contributed by atoms with E-state index in [1.54, 1.807) is 55.5 Å². The number of carbonyl (C=O) groups is 2. The van der Waals surface area contributed by atoms with Crippen molar-refractivity contribution >= 4 is 57.0 Å². The van der Waals surface area contributed by atoms with Crippen molar-refractivity contribution in [1.82, 2.24) is 10.2 Å². The molecule has 3 aliphatic rings. The second-order valence-corrected chi connectivity index (χ2v) is 21.9. The lowest BCUT2D eigenvalue weighted by Crippen LogP contribution is -2.50. The fourth-order valence-corrected chi connectivity index (χ4v) is 13.1. The number of aryl methyl sites for hydroxylation is 3. The number of halogens is 6. The Labute approximate surface area is 446 Å². The Morgan fingerprint density at radius 1 is 0.645 bits per heavy atom. The van der Waals surface area contributed by atoms with Crippen molar-refractivity contribution in [2.45, 2.75) is 78.4 Å². The molecule has 2 amide bonds. The number of hydrogen-bond donors (Lipinski definition) is 1. The van der Waals surface area contributed by atoms with Gasteiger partial charge in [0.15, 0.2) is 0 Å². The first-order valence-electron chi connectivity index (χ1n) is 25.4. The molecule has 0 saturated carbocycles. The van der Waals surface area contributed by atoms with Gasteiger partial charge in [0, 0.05) is 116 Å². The van der Waals surface area contributed by atoms with Gasteiger partial charge >= 0.3 is 17.8 Å². The maximum absolute atomic E-state index is 15.6. The average molecular weight is 1080 g/mol. The van der Waals surface area contributed by atoms with E-state index in [0.717, 1.165) is 82.5 Å². The first-order chi connectivity index (χ1) is 36.3. The van der Waals surface area contributed by atoms with Crippen molar-refractivity contribution in [3.8, 4) is 27.7 Å². The summed E-state index contributed by atoms with van der Waals surface area (Å²) in [5.74, 6) is -14.6. The van der Waals surface area contributed by atoms with Gasteiger partial charge < -0.3 is 29.5 Å². The molecule has 10 rings (SSSR count). The van der Waals surface area contributed by atoms with Crippen LogP contribution in [0.2, 0.25) is 0 Å². The maximum Gasteiger partial charge on any atom is 0.380 e. The zero-order valence-corrected chi connectivity index (χ0v) is 44.7. The third kappa shape index (κ3) is 8.33. The van der Waals surface area contributed by atoms with Crippen LogP contribution in [-0.4, -0.2) is 73.8 Å². The Morgan fingerprint density at radius 3 is 1.75 bits per heavy atom. The van der Waals surface area contributed by atoms with Crippen LogP contribution in [0.25, 0.3) is 21.6 Å². The van der Waals surface area contributed by atoms with E-state index in [1.165, 1.54) is 26.0 Å². The third-order valence-electron chi connectivity index (χ3n) is 14.9. The lowest BCUT2D eigenvalue weighted by atomic mass is 9.74. The fourth-order valence-electron chi connectivity index (χ4n) is 11.1. The fraction of sp³-hybridized carbons (Fsp3) is 0.300. The number of nitrogens with one attached hydrogen (secondary N) is 1. The molecule has 0 bridgehead atoms. The Balaban J connectivity index is 0.838. The Kier molecular flexibility index (Phi) is 13.7. The normalized spacial score (nSPS) is 16.3. The monoisotopic (exact) mass is 1070 g/mol. The van der Waals surface area contributed by atoms with Crippen LogP contribution in [0, 0.1) is 20.8 Å². The Hall–Kier alpha value is -7.04. The SMILES string of the molecule is CCN(CC)c1ccc2c(c1)Oc1cc(N(CC)CC)ccc1C21c2ccccc2C(=O)N1CCNC(=O)c1ccc(COc2ccc(-c3cc(C4=C(c5cc(C)sc5C)C(F)(F)C(F)(F)C4(F)F)c(C)s3)cc2)cc1. The average Bonchev–Trinajstić information content (AvgIpc) is 4.22. The molecule has 1 spiro atoms. The van der Waals surface area contributed by atoms with Gasteiger partial charge in [-0.25, -0.2) is 0 Å². The van der Waals surface area contributed by atoms with Crippen LogP contribution in [0.3, 0.4) is 0 Å². The molecule has 0 fully saturated rings. The molecule has 2 aliphatic heterocycles. The van der Waals surface area contributed by atoms with Crippen molar-refractivity contribution in [2.75, 3.05) is 49.1 Å². The second-order valence-electron chi connectivity index (χ2n) is 19.2. The summed E-state index contributed by atoms with van der Waals surface area (Å²) in [6.45, 7) is 16.7. The number of ether oxygens (including phenoxy) is 2. The Bertz CT molecular complexity index is 3350. The highest BCUT2D eigenvalue weighted by atomic mass is 32.1. The number of carbonyl (C=O) groups excluding carboxylic acids is 2. The molecule has 394 valence electrons. The van der Waals surface area contributed by atoms with Crippen molar-refractivity contribution < 1.29 is 45.4 Å². The molecule has 4 heterocycles. The summed E-state index contributed by atoms with van der Waals surface area (Å²) in [5.41, 5.74) is 2.46. The third-order valence-corrected chi connectivity index (χ3v) is 17.0. The molecular weight excluding hydrogens is 1020 g/mol. The van der Waals surface area contributed by atoms with Crippen molar-refractivity contribution in [3.05, 3.63) is 180 Å². The first-order valence-corrected chi connectivity index (χ1v) is 27.0. The zero-order chi connectivity index (χ0) is 54.1. The highest BCUT2D eigenvalue weighted by Crippen LogP contribution is 2.66. The summed E-state index contributed by atoms with van der Waals surface area (Å²) in [6, 6.07) is 36.3. The van der Waals surface area contributed by atoms with Gasteiger partial charge in [0.1, 0.15) is 29.4 Å². The highest BCUT2D eigenvalue weighted by molar-refractivity contribution is 7.15. The van der Waals surface area contributed by atoms with Gasteiger partial charge in [-0.1, -0.05) is 42.5 Å². The molecule has 76 heavy (non-hydrogen) atoms. The molecule has 1 N–H and O–H groups in total. The van der Waals surface area contributed by atoms with Crippen LogP contribution in [0.1, 0.15) is 96.4 Å². The minimum absolute atomic E-state index is 0.138. The van der Waals surface area contributed by atoms with Crippen LogP contribution >= 0.6 is 22.7 Å². The summed E-state index contributed by atoms with van der Waals surface area (Å²) < 4.78 is 105. The topological polar surface area (TPSA) is 74.4 Å². The number of alkyl halides is 6. The van der Waals surface area contributed by atoms with E-state index in [4.69, 9.17) is 9.47 Å². The molecule has 5 aromatic carbocycles. The number of allylic oxidation sites excluding steroid dienone is 2. The smallest absolute Gasteiger partial charge is 0.380 e. The zero-order valence-electron chi connectivity index (χ0n) is 43.1. The standard InChI is InChI=1S/C60H56F6N4O4S2/c1-8-68(9-2)41-22-26-48-50(31-41)74-51-32-42(69(10-3)11-4)23-27-49(51)57(48)47-15-13-12-14-44(47)56(72)70(57)29-28-67-55(71)40-18-16-38(17-19-40)34-73-43-24-20-39(21-25-43)52-33-46(37(7)76-52)54-53(45-30-35(5)75-36(45)6)58(61,62)60(65,66)59(54,63)64/h12-27,30-33H,8-11,28-29,34H2,1-7H3,(H,67,71). The van der Waals surface area contributed by atoms with Gasteiger partial charge in [-0.3, -0.25) is 9.59 Å².